The van der Waals surface area contributed by atoms with Crippen molar-refractivity contribution in [3.05, 3.63) is 23.2 Å². The number of carbonyl (C=O) groups excluding carboxylic acids is 1. The molecular weight excluding hydrogens is 425 g/mol. The van der Waals surface area contributed by atoms with Crippen LogP contribution in [0.2, 0.25) is 5.02 Å². The van der Waals surface area contributed by atoms with Crippen LogP contribution < -0.4 is 15.8 Å². The van der Waals surface area contributed by atoms with E-state index in [4.69, 9.17) is 26.8 Å². The molecule has 0 heterocycles. The van der Waals surface area contributed by atoms with Gasteiger partial charge in [-0.15, -0.1) is 24.8 Å². The molecule has 0 bridgehead atoms. The molecule has 1 aliphatic carbocycles. The zero-order valence-electron chi connectivity index (χ0n) is 17.1. The summed E-state index contributed by atoms with van der Waals surface area (Å²) >= 11 is 6.27. The van der Waals surface area contributed by atoms with Crippen LogP contribution >= 0.6 is 36.4 Å². The molecular formula is C19H32Cl3N3O3. The van der Waals surface area contributed by atoms with Crippen LogP contribution in [0.4, 0.5) is 5.69 Å². The molecule has 1 saturated carbocycles. The highest BCUT2D eigenvalue weighted by Gasteiger charge is 2.62. The van der Waals surface area contributed by atoms with E-state index in [2.05, 4.69) is 5.32 Å². The smallest absolute Gasteiger partial charge is 0.245 e. The van der Waals surface area contributed by atoms with Crippen LogP contribution in [0.25, 0.3) is 0 Å². The maximum atomic E-state index is 12.8. The molecule has 162 valence electrons. The summed E-state index contributed by atoms with van der Waals surface area (Å²) in [5, 5.41) is 3.33. The van der Waals surface area contributed by atoms with Gasteiger partial charge in [-0.2, -0.15) is 0 Å². The maximum absolute atomic E-state index is 12.8. The van der Waals surface area contributed by atoms with Gasteiger partial charge in [0.2, 0.25) is 5.91 Å². The first-order valence-electron chi connectivity index (χ1n) is 8.91. The molecule has 6 nitrogen and oxygen atoms in total. The van der Waals surface area contributed by atoms with Gasteiger partial charge < -0.3 is 25.4 Å². The SMILES string of the molecule is CCOC1CC(N)(C(=O)Nc2ccc(OCCN(C)C)c(Cl)c2)C1(C)C.Cl.Cl. The topological polar surface area (TPSA) is 76.8 Å². The highest BCUT2D eigenvalue weighted by atomic mass is 35.5. The Morgan fingerprint density at radius 1 is 1.36 bits per heavy atom. The van der Waals surface area contributed by atoms with Gasteiger partial charge in [-0.1, -0.05) is 25.4 Å². The number of likely N-dealkylation sites (N-methyl/N-ethyl adjacent to an activating group) is 1. The van der Waals surface area contributed by atoms with E-state index in [0.717, 1.165) is 6.54 Å². The van der Waals surface area contributed by atoms with E-state index in [1.807, 2.05) is 39.8 Å². The number of hydrogen-bond donors (Lipinski definition) is 2. The molecule has 1 amide bonds. The zero-order chi connectivity index (χ0) is 19.5. The maximum Gasteiger partial charge on any atom is 0.245 e. The number of nitrogens with zero attached hydrogens (tertiary/aromatic N) is 1. The van der Waals surface area contributed by atoms with Crippen molar-refractivity contribution < 1.29 is 14.3 Å². The Labute approximate surface area is 185 Å². The summed E-state index contributed by atoms with van der Waals surface area (Å²) in [6, 6.07) is 5.20. The average molecular weight is 457 g/mol. The number of ether oxygens (including phenoxy) is 2. The molecule has 2 atom stereocenters. The summed E-state index contributed by atoms with van der Waals surface area (Å²) in [6.07, 6.45) is 0.485. The van der Waals surface area contributed by atoms with Gasteiger partial charge in [-0.05, 0) is 39.2 Å². The van der Waals surface area contributed by atoms with E-state index >= 15 is 0 Å². The summed E-state index contributed by atoms with van der Waals surface area (Å²) in [5.74, 6) is 0.366. The fraction of sp³-hybridized carbons (Fsp3) is 0.632. The largest absolute Gasteiger partial charge is 0.491 e. The van der Waals surface area contributed by atoms with Gasteiger partial charge in [0, 0.05) is 30.7 Å². The van der Waals surface area contributed by atoms with Gasteiger partial charge in [0.1, 0.15) is 17.9 Å². The Balaban J connectivity index is 0.00000364. The number of carbonyl (C=O) groups is 1. The van der Waals surface area contributed by atoms with Crippen molar-refractivity contribution in [3.8, 4) is 5.75 Å². The van der Waals surface area contributed by atoms with Crippen molar-refractivity contribution in [3.63, 3.8) is 0 Å². The highest BCUT2D eigenvalue weighted by Crippen LogP contribution is 2.50. The van der Waals surface area contributed by atoms with Gasteiger partial charge in [-0.25, -0.2) is 0 Å². The normalized spacial score (nSPS) is 22.5. The number of nitrogens with two attached hydrogens (primary N) is 1. The summed E-state index contributed by atoms with van der Waals surface area (Å²) in [7, 11) is 3.95. The third kappa shape index (κ3) is 5.65. The van der Waals surface area contributed by atoms with Crippen LogP contribution in [0.5, 0.6) is 5.75 Å². The van der Waals surface area contributed by atoms with Crippen LogP contribution in [0.3, 0.4) is 0 Å². The van der Waals surface area contributed by atoms with Crippen molar-refractivity contribution in [1.29, 1.82) is 0 Å². The summed E-state index contributed by atoms with van der Waals surface area (Å²) in [5.41, 5.74) is 5.59. The second-order valence-electron chi connectivity index (χ2n) is 7.59. The minimum atomic E-state index is -0.972. The first-order chi connectivity index (χ1) is 12.1. The van der Waals surface area contributed by atoms with Gasteiger partial charge in [0.15, 0.2) is 0 Å². The van der Waals surface area contributed by atoms with Crippen molar-refractivity contribution >= 4 is 48.0 Å². The van der Waals surface area contributed by atoms with Crippen molar-refractivity contribution in [2.24, 2.45) is 11.1 Å². The average Bonchev–Trinajstić information content (AvgIpc) is 2.56. The predicted molar refractivity (Wildman–Crippen MR) is 119 cm³/mol. The summed E-state index contributed by atoms with van der Waals surface area (Å²) in [4.78, 5) is 14.8. The van der Waals surface area contributed by atoms with Crippen LogP contribution in [-0.4, -0.2) is 56.3 Å². The Morgan fingerprint density at radius 3 is 2.50 bits per heavy atom. The minimum Gasteiger partial charge on any atom is -0.491 e. The molecule has 3 N–H and O–H groups in total. The Kier molecular flexibility index (Phi) is 10.6. The lowest BCUT2D eigenvalue weighted by atomic mass is 9.54. The first kappa shape index (κ1) is 27.2. The molecule has 0 spiro atoms. The highest BCUT2D eigenvalue weighted by molar-refractivity contribution is 6.32. The molecule has 2 unspecified atom stereocenters. The fourth-order valence-corrected chi connectivity index (χ4v) is 3.33. The fourth-order valence-electron chi connectivity index (χ4n) is 3.10. The monoisotopic (exact) mass is 455 g/mol. The van der Waals surface area contributed by atoms with Gasteiger partial charge in [0.05, 0.1) is 11.1 Å². The molecule has 1 aliphatic rings. The molecule has 1 fully saturated rings. The number of rotatable bonds is 8. The molecule has 0 saturated heterocycles. The van der Waals surface area contributed by atoms with Crippen molar-refractivity contribution in [2.75, 3.05) is 39.2 Å². The van der Waals surface area contributed by atoms with Crippen LogP contribution in [0.1, 0.15) is 27.2 Å². The standard InChI is InChI=1S/C19H30ClN3O3.2ClH/c1-6-25-16-12-19(21,18(16,2)3)17(24)22-13-7-8-15(14(20)11-13)26-10-9-23(4)5;;/h7-8,11,16H,6,9-10,12,21H2,1-5H3,(H,22,24);2*1H. The quantitative estimate of drug-likeness (QED) is 0.625. The van der Waals surface area contributed by atoms with E-state index in [0.29, 0.717) is 36.1 Å². The number of anilines is 1. The van der Waals surface area contributed by atoms with Crippen molar-refractivity contribution in [1.82, 2.24) is 4.90 Å². The second-order valence-corrected chi connectivity index (χ2v) is 8.00. The number of benzene rings is 1. The Bertz CT molecular complexity index is 659. The molecule has 1 aromatic rings. The first-order valence-corrected chi connectivity index (χ1v) is 9.28. The Morgan fingerprint density at radius 2 is 2.00 bits per heavy atom. The van der Waals surface area contributed by atoms with E-state index in [9.17, 15) is 4.79 Å². The second kappa shape index (κ2) is 10.9. The molecule has 28 heavy (non-hydrogen) atoms. The van der Waals surface area contributed by atoms with Gasteiger partial charge in [0.25, 0.3) is 0 Å². The molecule has 0 aromatic heterocycles. The van der Waals surface area contributed by atoms with Gasteiger partial charge in [-0.3, -0.25) is 4.79 Å². The number of halogens is 3. The minimum absolute atomic E-state index is 0. The molecule has 0 radical (unpaired) electrons. The summed E-state index contributed by atoms with van der Waals surface area (Å²) in [6.45, 7) is 7.81. The van der Waals surface area contributed by atoms with E-state index in [-0.39, 0.29) is 36.8 Å². The Hall–Kier alpha value is -0.760. The third-order valence-electron chi connectivity index (χ3n) is 5.22. The van der Waals surface area contributed by atoms with Gasteiger partial charge >= 0.3 is 0 Å². The summed E-state index contributed by atoms with van der Waals surface area (Å²) < 4.78 is 11.3. The molecule has 0 aliphatic heterocycles. The molecule has 2 rings (SSSR count). The van der Waals surface area contributed by atoms with E-state index in [1.54, 1.807) is 18.2 Å². The third-order valence-corrected chi connectivity index (χ3v) is 5.52. The molecule has 9 heteroatoms. The van der Waals surface area contributed by atoms with E-state index < -0.39 is 11.0 Å². The predicted octanol–water partition coefficient (Wildman–Crippen LogP) is 3.60. The van der Waals surface area contributed by atoms with Crippen LogP contribution in [0.15, 0.2) is 18.2 Å². The van der Waals surface area contributed by atoms with E-state index in [1.165, 1.54) is 0 Å². The number of amides is 1. The zero-order valence-corrected chi connectivity index (χ0v) is 19.5. The number of hydrogen-bond acceptors (Lipinski definition) is 5. The lowest BCUT2D eigenvalue weighted by Crippen LogP contribution is -2.74. The number of nitrogens with one attached hydrogen (secondary N) is 1. The lowest BCUT2D eigenvalue weighted by molar-refractivity contribution is -0.166. The molecule has 1 aromatic carbocycles. The van der Waals surface area contributed by atoms with Crippen molar-refractivity contribution in [2.45, 2.75) is 38.8 Å². The van der Waals surface area contributed by atoms with Crippen LogP contribution in [-0.2, 0) is 9.53 Å². The van der Waals surface area contributed by atoms with Crippen LogP contribution in [0, 0.1) is 5.41 Å². The lowest BCUT2D eigenvalue weighted by Gasteiger charge is -2.57.